The van der Waals surface area contributed by atoms with Gasteiger partial charge in [0.2, 0.25) is 5.91 Å². The van der Waals surface area contributed by atoms with Gasteiger partial charge >= 0.3 is 0 Å². The molecule has 0 spiro atoms. The maximum Gasteiger partial charge on any atom is 0.257 e. The van der Waals surface area contributed by atoms with Crippen LogP contribution in [0.2, 0.25) is 0 Å². The van der Waals surface area contributed by atoms with E-state index in [1.165, 1.54) is 0 Å². The molecule has 6 nitrogen and oxygen atoms in total. The Bertz CT molecular complexity index is 432. The van der Waals surface area contributed by atoms with Gasteiger partial charge in [0.15, 0.2) is 6.61 Å². The number of nitrogens with one attached hydrogen (secondary N) is 3. The van der Waals surface area contributed by atoms with Crippen molar-refractivity contribution in [1.29, 1.82) is 0 Å². The van der Waals surface area contributed by atoms with Crippen LogP contribution in [0.4, 0.5) is 5.69 Å². The molecule has 0 saturated heterocycles. The third-order valence-corrected chi connectivity index (χ3v) is 2.62. The number of anilines is 1. The molecule has 0 unspecified atom stereocenters. The molecule has 0 aromatic heterocycles. The van der Waals surface area contributed by atoms with Crippen LogP contribution in [0.25, 0.3) is 0 Å². The summed E-state index contributed by atoms with van der Waals surface area (Å²) in [5.74, 6) is 0.382. The summed E-state index contributed by atoms with van der Waals surface area (Å²) in [6, 6.07) is 6.92. The number of rotatable bonds is 8. The zero-order valence-electron chi connectivity index (χ0n) is 11.9. The highest BCUT2D eigenvalue weighted by molar-refractivity contribution is 5.90. The summed E-state index contributed by atoms with van der Waals surface area (Å²) in [5.41, 5.74) is 0.715. The van der Waals surface area contributed by atoms with E-state index >= 15 is 0 Å². The predicted octanol–water partition coefficient (Wildman–Crippen LogP) is 0.749. The second-order valence-corrected chi connectivity index (χ2v) is 4.24. The summed E-state index contributed by atoms with van der Waals surface area (Å²) in [7, 11) is 3.41. The van der Waals surface area contributed by atoms with Crippen molar-refractivity contribution in [3.05, 3.63) is 24.3 Å². The first-order chi connectivity index (χ1) is 9.65. The summed E-state index contributed by atoms with van der Waals surface area (Å²) < 4.78 is 5.27. The second-order valence-electron chi connectivity index (χ2n) is 4.24. The lowest BCUT2D eigenvalue weighted by Crippen LogP contribution is -2.24. The molecule has 0 atom stereocenters. The Morgan fingerprint density at radius 1 is 1.10 bits per heavy atom. The van der Waals surface area contributed by atoms with E-state index in [2.05, 4.69) is 16.0 Å². The van der Waals surface area contributed by atoms with Gasteiger partial charge in [0, 0.05) is 19.2 Å². The van der Waals surface area contributed by atoms with Crippen molar-refractivity contribution in [2.24, 2.45) is 0 Å². The molecule has 20 heavy (non-hydrogen) atoms. The molecule has 2 amide bonds. The van der Waals surface area contributed by atoms with E-state index in [1.54, 1.807) is 31.3 Å². The highest BCUT2D eigenvalue weighted by atomic mass is 16.5. The summed E-state index contributed by atoms with van der Waals surface area (Å²) in [6.07, 6.45) is 1.28. The van der Waals surface area contributed by atoms with Gasteiger partial charge in [-0.1, -0.05) is 0 Å². The van der Waals surface area contributed by atoms with E-state index in [1.807, 2.05) is 7.05 Å². The van der Waals surface area contributed by atoms with Crippen LogP contribution < -0.4 is 20.7 Å². The van der Waals surface area contributed by atoms with Crippen molar-refractivity contribution in [2.45, 2.75) is 12.8 Å². The number of amides is 2. The molecule has 0 aliphatic carbocycles. The normalized spacial score (nSPS) is 9.90. The van der Waals surface area contributed by atoms with Crippen LogP contribution in [-0.4, -0.2) is 39.1 Å². The average molecular weight is 279 g/mol. The molecule has 0 aliphatic rings. The Morgan fingerprint density at radius 3 is 2.40 bits per heavy atom. The van der Waals surface area contributed by atoms with E-state index < -0.39 is 0 Å². The minimum absolute atomic E-state index is 0.0146. The fourth-order valence-corrected chi connectivity index (χ4v) is 1.50. The second kappa shape index (κ2) is 8.92. The first-order valence-electron chi connectivity index (χ1n) is 6.53. The van der Waals surface area contributed by atoms with Crippen LogP contribution in [0, 0.1) is 0 Å². The molecule has 0 aliphatic heterocycles. The molecule has 0 bridgehead atoms. The molecule has 0 heterocycles. The lowest BCUT2D eigenvalue weighted by atomic mass is 10.2. The molecule has 6 heteroatoms. The molecular weight excluding hydrogens is 258 g/mol. The van der Waals surface area contributed by atoms with Crippen molar-refractivity contribution in [3.63, 3.8) is 0 Å². The van der Waals surface area contributed by atoms with Gasteiger partial charge in [-0.2, -0.15) is 0 Å². The highest BCUT2D eigenvalue weighted by Crippen LogP contribution is 2.15. The molecule has 0 radical (unpaired) electrons. The Morgan fingerprint density at radius 2 is 1.80 bits per heavy atom. The van der Waals surface area contributed by atoms with E-state index in [-0.39, 0.29) is 18.4 Å². The van der Waals surface area contributed by atoms with Crippen LogP contribution >= 0.6 is 0 Å². The molecule has 1 rings (SSSR count). The molecular formula is C14H21N3O3. The number of hydrogen-bond donors (Lipinski definition) is 3. The monoisotopic (exact) mass is 279 g/mol. The molecule has 1 aromatic carbocycles. The maximum atomic E-state index is 11.6. The third kappa shape index (κ3) is 6.19. The van der Waals surface area contributed by atoms with Gasteiger partial charge in [-0.3, -0.25) is 9.59 Å². The number of ether oxygens (including phenoxy) is 1. The zero-order chi connectivity index (χ0) is 14.8. The van der Waals surface area contributed by atoms with Gasteiger partial charge in [-0.05, 0) is 44.3 Å². The molecule has 110 valence electrons. The largest absolute Gasteiger partial charge is 0.484 e. The molecule has 1 aromatic rings. The lowest BCUT2D eigenvalue weighted by Gasteiger charge is -2.08. The Hall–Kier alpha value is -2.08. The third-order valence-electron chi connectivity index (χ3n) is 2.62. The Labute approximate surface area is 118 Å². The van der Waals surface area contributed by atoms with Gasteiger partial charge in [-0.15, -0.1) is 0 Å². The summed E-state index contributed by atoms with van der Waals surface area (Å²) in [5, 5.41) is 8.27. The van der Waals surface area contributed by atoms with E-state index in [9.17, 15) is 9.59 Å². The standard InChI is InChI=1S/C14H21N3O3/c1-15-9-3-4-13(18)17-11-5-7-12(8-6-11)20-10-14(19)16-2/h5-8,15H,3-4,9-10H2,1-2H3,(H,16,19)(H,17,18). The Kier molecular flexibility index (Phi) is 7.13. The smallest absolute Gasteiger partial charge is 0.257 e. The first-order valence-corrected chi connectivity index (χ1v) is 6.53. The Balaban J connectivity index is 2.38. The van der Waals surface area contributed by atoms with Crippen LogP contribution in [0.15, 0.2) is 24.3 Å². The van der Waals surface area contributed by atoms with Gasteiger partial charge in [0.05, 0.1) is 0 Å². The van der Waals surface area contributed by atoms with Crippen LogP contribution in [-0.2, 0) is 9.59 Å². The van der Waals surface area contributed by atoms with Crippen molar-refractivity contribution in [2.75, 3.05) is 32.6 Å². The lowest BCUT2D eigenvalue weighted by molar-refractivity contribution is -0.122. The van der Waals surface area contributed by atoms with E-state index in [0.717, 1.165) is 13.0 Å². The van der Waals surface area contributed by atoms with E-state index in [0.29, 0.717) is 17.9 Å². The fourth-order valence-electron chi connectivity index (χ4n) is 1.50. The predicted molar refractivity (Wildman–Crippen MR) is 77.8 cm³/mol. The van der Waals surface area contributed by atoms with Crippen molar-refractivity contribution >= 4 is 17.5 Å². The SMILES string of the molecule is CNCCCC(=O)Nc1ccc(OCC(=O)NC)cc1. The number of carbonyl (C=O) groups excluding carboxylic acids is 2. The maximum absolute atomic E-state index is 11.6. The first kappa shape index (κ1) is 16.0. The minimum atomic E-state index is -0.188. The number of carbonyl (C=O) groups is 2. The molecule has 0 saturated carbocycles. The molecule has 3 N–H and O–H groups in total. The van der Waals surface area contributed by atoms with Crippen LogP contribution in [0.5, 0.6) is 5.75 Å². The number of hydrogen-bond acceptors (Lipinski definition) is 4. The summed E-state index contributed by atoms with van der Waals surface area (Å²) in [6.45, 7) is 0.798. The number of benzene rings is 1. The topological polar surface area (TPSA) is 79.5 Å². The van der Waals surface area contributed by atoms with E-state index in [4.69, 9.17) is 4.74 Å². The van der Waals surface area contributed by atoms with Gasteiger partial charge in [0.1, 0.15) is 5.75 Å². The quantitative estimate of drug-likeness (QED) is 0.614. The minimum Gasteiger partial charge on any atom is -0.484 e. The number of likely N-dealkylation sites (N-methyl/N-ethyl adjacent to an activating group) is 1. The van der Waals surface area contributed by atoms with Gasteiger partial charge in [0.25, 0.3) is 5.91 Å². The fraction of sp³-hybridized carbons (Fsp3) is 0.429. The van der Waals surface area contributed by atoms with Crippen molar-refractivity contribution < 1.29 is 14.3 Å². The van der Waals surface area contributed by atoms with Crippen molar-refractivity contribution in [1.82, 2.24) is 10.6 Å². The van der Waals surface area contributed by atoms with Crippen LogP contribution in [0.3, 0.4) is 0 Å². The highest BCUT2D eigenvalue weighted by Gasteiger charge is 2.03. The molecule has 0 fully saturated rings. The van der Waals surface area contributed by atoms with Crippen molar-refractivity contribution in [3.8, 4) is 5.75 Å². The zero-order valence-corrected chi connectivity index (χ0v) is 11.9. The van der Waals surface area contributed by atoms with Crippen LogP contribution in [0.1, 0.15) is 12.8 Å². The summed E-state index contributed by atoms with van der Waals surface area (Å²) >= 11 is 0. The summed E-state index contributed by atoms with van der Waals surface area (Å²) in [4.78, 5) is 22.6. The van der Waals surface area contributed by atoms with Gasteiger partial charge < -0.3 is 20.7 Å². The average Bonchev–Trinajstić information content (AvgIpc) is 2.46. The van der Waals surface area contributed by atoms with Gasteiger partial charge in [-0.25, -0.2) is 0 Å².